The van der Waals surface area contributed by atoms with Crippen molar-refractivity contribution in [1.29, 1.82) is 0 Å². The number of anilines is 1. The van der Waals surface area contributed by atoms with Crippen molar-refractivity contribution >= 4 is 27.6 Å². The molecule has 0 radical (unpaired) electrons. The highest BCUT2D eigenvalue weighted by Gasteiger charge is 2.33. The number of alkyl halides is 3. The number of carboxylic acid groups (broad SMARTS) is 1. The maximum absolute atomic E-state index is 12.5. The monoisotopic (exact) mass is 313 g/mol. The van der Waals surface area contributed by atoms with Crippen LogP contribution < -0.4 is 5.48 Å². The molecule has 0 saturated heterocycles. The first-order valence-corrected chi connectivity index (χ1v) is 5.06. The zero-order valence-corrected chi connectivity index (χ0v) is 9.80. The van der Waals surface area contributed by atoms with E-state index in [1.165, 1.54) is 6.07 Å². The van der Waals surface area contributed by atoms with Gasteiger partial charge in [-0.25, -0.2) is 4.79 Å². The molecule has 4 nitrogen and oxygen atoms in total. The molecule has 0 atom stereocenters. The molecule has 1 rings (SSSR count). The second kappa shape index (κ2) is 5.37. The third-order valence-corrected chi connectivity index (χ3v) is 2.16. The van der Waals surface area contributed by atoms with E-state index in [0.29, 0.717) is 4.47 Å². The van der Waals surface area contributed by atoms with Gasteiger partial charge in [-0.15, -0.1) is 0 Å². The molecular weight excluding hydrogens is 307 g/mol. The normalized spacial score (nSPS) is 11.3. The fourth-order valence-corrected chi connectivity index (χ4v) is 1.38. The van der Waals surface area contributed by atoms with Crippen LogP contribution in [0.4, 0.5) is 18.9 Å². The molecule has 0 bridgehead atoms. The average molecular weight is 314 g/mol. The number of hydrogen-bond donors (Lipinski definition) is 2. The van der Waals surface area contributed by atoms with Crippen molar-refractivity contribution in [2.75, 3.05) is 12.1 Å². The Morgan fingerprint density at radius 2 is 2.12 bits per heavy atom. The lowest BCUT2D eigenvalue weighted by atomic mass is 10.2. The van der Waals surface area contributed by atoms with Crippen molar-refractivity contribution in [3.8, 4) is 0 Å². The van der Waals surface area contributed by atoms with E-state index in [1.54, 1.807) is 0 Å². The highest BCUT2D eigenvalue weighted by atomic mass is 79.9. The zero-order valence-electron chi connectivity index (χ0n) is 8.21. The maximum Gasteiger partial charge on any atom is 0.418 e. The Morgan fingerprint density at radius 3 is 2.65 bits per heavy atom. The summed E-state index contributed by atoms with van der Waals surface area (Å²) in [6.45, 7) is -0.746. The van der Waals surface area contributed by atoms with Crippen LogP contribution in [0.25, 0.3) is 0 Å². The quantitative estimate of drug-likeness (QED) is 0.839. The summed E-state index contributed by atoms with van der Waals surface area (Å²) < 4.78 is 38.0. The SMILES string of the molecule is O=C(O)CONc1cc(Br)ccc1C(F)(F)F. The van der Waals surface area contributed by atoms with Crippen LogP contribution in [0.1, 0.15) is 5.56 Å². The maximum atomic E-state index is 12.5. The van der Waals surface area contributed by atoms with E-state index < -0.39 is 24.3 Å². The van der Waals surface area contributed by atoms with Gasteiger partial charge >= 0.3 is 12.1 Å². The molecule has 0 aliphatic heterocycles. The molecule has 0 saturated carbocycles. The van der Waals surface area contributed by atoms with E-state index >= 15 is 0 Å². The predicted molar refractivity (Wildman–Crippen MR) is 56.4 cm³/mol. The van der Waals surface area contributed by atoms with E-state index in [0.717, 1.165) is 12.1 Å². The van der Waals surface area contributed by atoms with Gasteiger partial charge < -0.3 is 5.11 Å². The lowest BCUT2D eigenvalue weighted by Crippen LogP contribution is -2.15. The number of hydrogen-bond acceptors (Lipinski definition) is 3. The van der Waals surface area contributed by atoms with Crippen molar-refractivity contribution in [1.82, 2.24) is 0 Å². The van der Waals surface area contributed by atoms with Crippen LogP contribution >= 0.6 is 15.9 Å². The Bertz CT molecular complexity index is 422. The molecular formula is C9H7BrF3NO3. The van der Waals surface area contributed by atoms with Gasteiger partial charge in [0.05, 0.1) is 11.3 Å². The number of carbonyl (C=O) groups is 1. The summed E-state index contributed by atoms with van der Waals surface area (Å²) in [4.78, 5) is 14.5. The largest absolute Gasteiger partial charge is 0.479 e. The molecule has 0 unspecified atom stereocenters. The van der Waals surface area contributed by atoms with Gasteiger partial charge in [0.1, 0.15) is 0 Å². The van der Waals surface area contributed by atoms with E-state index in [-0.39, 0.29) is 5.69 Å². The molecule has 0 aliphatic carbocycles. The number of aliphatic carboxylic acids is 1. The second-order valence-electron chi connectivity index (χ2n) is 2.97. The van der Waals surface area contributed by atoms with Crippen molar-refractivity contribution in [3.05, 3.63) is 28.2 Å². The van der Waals surface area contributed by atoms with Gasteiger partial charge in [0, 0.05) is 4.47 Å². The van der Waals surface area contributed by atoms with Crippen LogP contribution in [0.2, 0.25) is 0 Å². The molecule has 2 N–H and O–H groups in total. The van der Waals surface area contributed by atoms with Crippen LogP contribution in [0, 0.1) is 0 Å². The summed E-state index contributed by atoms with van der Waals surface area (Å²) in [6.07, 6.45) is -4.55. The van der Waals surface area contributed by atoms with Gasteiger partial charge in [-0.3, -0.25) is 10.3 Å². The minimum Gasteiger partial charge on any atom is -0.479 e. The van der Waals surface area contributed by atoms with Crippen molar-refractivity contribution in [2.45, 2.75) is 6.18 Å². The van der Waals surface area contributed by atoms with Crippen molar-refractivity contribution < 1.29 is 27.9 Å². The highest BCUT2D eigenvalue weighted by Crippen LogP contribution is 2.36. The fraction of sp³-hybridized carbons (Fsp3) is 0.222. The Balaban J connectivity index is 2.88. The number of benzene rings is 1. The van der Waals surface area contributed by atoms with Gasteiger partial charge in [-0.05, 0) is 18.2 Å². The Morgan fingerprint density at radius 1 is 1.47 bits per heavy atom. The van der Waals surface area contributed by atoms with Gasteiger partial charge in [0.25, 0.3) is 0 Å². The highest BCUT2D eigenvalue weighted by molar-refractivity contribution is 9.10. The summed E-state index contributed by atoms with van der Waals surface area (Å²) in [6, 6.07) is 3.23. The second-order valence-corrected chi connectivity index (χ2v) is 3.89. The molecule has 17 heavy (non-hydrogen) atoms. The standard InChI is InChI=1S/C9H7BrF3NO3/c10-5-1-2-6(9(11,12)13)7(3-5)14-17-4-8(15)16/h1-3,14H,4H2,(H,15,16). The van der Waals surface area contributed by atoms with Crippen LogP contribution in [0.3, 0.4) is 0 Å². The predicted octanol–water partition coefficient (Wildman–Crippen LogP) is 2.90. The lowest BCUT2D eigenvalue weighted by molar-refractivity contribution is -0.141. The molecule has 0 aromatic heterocycles. The van der Waals surface area contributed by atoms with Gasteiger partial charge in [-0.1, -0.05) is 15.9 Å². The average Bonchev–Trinajstić information content (AvgIpc) is 2.15. The van der Waals surface area contributed by atoms with E-state index in [1.807, 2.05) is 5.48 Å². The molecule has 0 spiro atoms. The molecule has 1 aromatic carbocycles. The molecule has 1 aromatic rings. The summed E-state index contributed by atoms with van der Waals surface area (Å²) in [5, 5.41) is 8.28. The summed E-state index contributed by atoms with van der Waals surface area (Å²) in [5.41, 5.74) is 0.669. The first kappa shape index (κ1) is 13.8. The lowest BCUT2D eigenvalue weighted by Gasteiger charge is -2.14. The van der Waals surface area contributed by atoms with Gasteiger partial charge in [0.2, 0.25) is 0 Å². The molecule has 8 heteroatoms. The minimum atomic E-state index is -4.55. The zero-order chi connectivity index (χ0) is 13.1. The van der Waals surface area contributed by atoms with Crippen LogP contribution in [-0.2, 0) is 15.8 Å². The summed E-state index contributed by atoms with van der Waals surface area (Å²) in [7, 11) is 0. The molecule has 0 fully saturated rings. The Labute approximate surface area is 102 Å². The first-order valence-electron chi connectivity index (χ1n) is 4.27. The Hall–Kier alpha value is -1.28. The molecule has 0 aliphatic rings. The smallest absolute Gasteiger partial charge is 0.418 e. The van der Waals surface area contributed by atoms with E-state index in [2.05, 4.69) is 20.8 Å². The Kier molecular flexibility index (Phi) is 4.35. The molecule has 0 heterocycles. The summed E-state index contributed by atoms with van der Waals surface area (Å²) >= 11 is 3.00. The number of rotatable bonds is 4. The third-order valence-electron chi connectivity index (χ3n) is 1.66. The first-order chi connectivity index (χ1) is 7.80. The number of halogens is 4. The summed E-state index contributed by atoms with van der Waals surface area (Å²) in [5.74, 6) is -1.29. The van der Waals surface area contributed by atoms with Crippen molar-refractivity contribution in [2.24, 2.45) is 0 Å². The molecule has 94 valence electrons. The van der Waals surface area contributed by atoms with Crippen LogP contribution in [0.5, 0.6) is 0 Å². The van der Waals surface area contributed by atoms with Crippen LogP contribution in [0.15, 0.2) is 22.7 Å². The number of nitrogens with one attached hydrogen (secondary N) is 1. The van der Waals surface area contributed by atoms with E-state index in [4.69, 9.17) is 5.11 Å². The van der Waals surface area contributed by atoms with Crippen LogP contribution in [-0.4, -0.2) is 17.7 Å². The number of carboxylic acids is 1. The van der Waals surface area contributed by atoms with Gasteiger partial charge in [0.15, 0.2) is 6.61 Å². The third kappa shape index (κ3) is 4.23. The van der Waals surface area contributed by atoms with Gasteiger partial charge in [-0.2, -0.15) is 13.2 Å². The van der Waals surface area contributed by atoms with Crippen molar-refractivity contribution in [3.63, 3.8) is 0 Å². The van der Waals surface area contributed by atoms with E-state index in [9.17, 15) is 18.0 Å². The fourth-order valence-electron chi connectivity index (χ4n) is 1.02. The topological polar surface area (TPSA) is 58.6 Å². The molecule has 0 amide bonds. The minimum absolute atomic E-state index is 0.354.